The van der Waals surface area contributed by atoms with Crippen molar-refractivity contribution in [2.75, 3.05) is 0 Å². The van der Waals surface area contributed by atoms with Crippen LogP contribution < -0.4 is 11.4 Å². The molecule has 1 aromatic heterocycles. The average Bonchev–Trinajstić information content (AvgIpc) is 3.00. The summed E-state index contributed by atoms with van der Waals surface area (Å²) >= 11 is 0. The van der Waals surface area contributed by atoms with Crippen molar-refractivity contribution in [2.45, 2.75) is 19.7 Å². The molecular formula is C18H15F3N4O3. The van der Waals surface area contributed by atoms with Crippen LogP contribution in [0.5, 0.6) is 0 Å². The summed E-state index contributed by atoms with van der Waals surface area (Å²) in [6.45, 7) is 1.42. The van der Waals surface area contributed by atoms with Gasteiger partial charge >= 0.3 is 17.6 Å². The number of nitrogens with zero attached hydrogens (tertiary/aromatic N) is 2. The Morgan fingerprint density at radius 2 is 1.75 bits per heavy atom. The number of rotatable bonds is 5. The van der Waals surface area contributed by atoms with Crippen LogP contribution >= 0.6 is 0 Å². The molecule has 146 valence electrons. The van der Waals surface area contributed by atoms with Gasteiger partial charge in [0.2, 0.25) is 0 Å². The highest BCUT2D eigenvalue weighted by molar-refractivity contribution is 5.98. The van der Waals surface area contributed by atoms with Crippen LogP contribution in [0.4, 0.5) is 13.2 Å². The van der Waals surface area contributed by atoms with Gasteiger partial charge in [-0.2, -0.15) is 13.2 Å². The Bertz CT molecular complexity index is 1100. The summed E-state index contributed by atoms with van der Waals surface area (Å²) in [5.41, 5.74) is -0.739. The molecule has 0 saturated heterocycles. The minimum Gasteiger partial charge on any atom is -0.391 e. The van der Waals surface area contributed by atoms with E-state index in [4.69, 9.17) is 4.84 Å². The minimum atomic E-state index is -4.45. The number of hydrogen-bond donors (Lipinski definition) is 2. The van der Waals surface area contributed by atoms with Gasteiger partial charge in [-0.3, -0.25) is 0 Å². The first-order chi connectivity index (χ1) is 13.3. The summed E-state index contributed by atoms with van der Waals surface area (Å²) in [5.74, 6) is 0. The number of alkyl halides is 3. The monoisotopic (exact) mass is 392 g/mol. The SMILES string of the molecule is C/C(=N\OCc1ccccc1-n1c(=O)[nH][nH]c1=O)c1cccc(C(F)(F)F)c1. The summed E-state index contributed by atoms with van der Waals surface area (Å²) in [5, 5.41) is 8.22. The van der Waals surface area contributed by atoms with Gasteiger partial charge in [0.1, 0.15) is 6.61 Å². The predicted octanol–water partition coefficient (Wildman–Crippen LogP) is 2.81. The molecule has 0 fully saturated rings. The molecule has 0 amide bonds. The molecule has 2 aromatic carbocycles. The number of aromatic amines is 2. The molecule has 2 N–H and O–H groups in total. The molecule has 0 saturated carbocycles. The van der Waals surface area contributed by atoms with E-state index in [1.807, 2.05) is 0 Å². The number of benzene rings is 2. The van der Waals surface area contributed by atoms with E-state index >= 15 is 0 Å². The van der Waals surface area contributed by atoms with Crippen LogP contribution in [-0.4, -0.2) is 20.5 Å². The maximum atomic E-state index is 12.8. The van der Waals surface area contributed by atoms with Gasteiger partial charge in [-0.15, -0.1) is 0 Å². The molecule has 0 atom stereocenters. The van der Waals surface area contributed by atoms with Crippen molar-refractivity contribution < 1.29 is 18.0 Å². The molecule has 28 heavy (non-hydrogen) atoms. The van der Waals surface area contributed by atoms with Crippen LogP contribution in [0.2, 0.25) is 0 Å². The van der Waals surface area contributed by atoms with E-state index in [9.17, 15) is 22.8 Å². The van der Waals surface area contributed by atoms with Crippen molar-refractivity contribution in [1.82, 2.24) is 14.8 Å². The zero-order chi connectivity index (χ0) is 20.3. The zero-order valence-corrected chi connectivity index (χ0v) is 14.6. The molecule has 7 nitrogen and oxygen atoms in total. The number of aromatic nitrogens is 3. The third-order valence-corrected chi connectivity index (χ3v) is 3.94. The van der Waals surface area contributed by atoms with Gasteiger partial charge in [-0.1, -0.05) is 35.5 Å². The lowest BCUT2D eigenvalue weighted by molar-refractivity contribution is -0.137. The first kappa shape index (κ1) is 19.2. The average molecular weight is 392 g/mol. The van der Waals surface area contributed by atoms with Crippen LogP contribution in [0.15, 0.2) is 63.3 Å². The molecule has 3 aromatic rings. The molecule has 3 rings (SSSR count). The number of H-pyrrole nitrogens is 2. The van der Waals surface area contributed by atoms with E-state index in [0.717, 1.165) is 16.7 Å². The Morgan fingerprint density at radius 1 is 1.07 bits per heavy atom. The van der Waals surface area contributed by atoms with Crippen molar-refractivity contribution in [1.29, 1.82) is 0 Å². The second-order valence-corrected chi connectivity index (χ2v) is 5.85. The topological polar surface area (TPSA) is 92.2 Å². The second kappa shape index (κ2) is 7.59. The first-order valence-electron chi connectivity index (χ1n) is 8.09. The lowest BCUT2D eigenvalue weighted by Crippen LogP contribution is -2.25. The van der Waals surface area contributed by atoms with Crippen molar-refractivity contribution in [3.8, 4) is 5.69 Å². The van der Waals surface area contributed by atoms with Crippen molar-refractivity contribution in [2.24, 2.45) is 5.16 Å². The molecule has 0 aliphatic heterocycles. The lowest BCUT2D eigenvalue weighted by atomic mass is 10.1. The molecule has 0 bridgehead atoms. The van der Waals surface area contributed by atoms with E-state index in [0.29, 0.717) is 11.3 Å². The Labute approximate surface area is 156 Å². The number of para-hydroxylation sites is 1. The van der Waals surface area contributed by atoms with Gasteiger partial charge < -0.3 is 4.84 Å². The highest BCUT2D eigenvalue weighted by Crippen LogP contribution is 2.29. The lowest BCUT2D eigenvalue weighted by Gasteiger charge is -2.09. The molecule has 1 heterocycles. The molecule has 0 radical (unpaired) electrons. The van der Waals surface area contributed by atoms with Crippen molar-refractivity contribution in [3.05, 3.63) is 86.2 Å². The maximum Gasteiger partial charge on any atom is 0.416 e. The van der Waals surface area contributed by atoms with Crippen LogP contribution in [-0.2, 0) is 17.6 Å². The summed E-state index contributed by atoms with van der Waals surface area (Å²) in [4.78, 5) is 28.8. The summed E-state index contributed by atoms with van der Waals surface area (Å²) < 4.78 is 39.4. The van der Waals surface area contributed by atoms with Crippen LogP contribution in [0, 0.1) is 0 Å². The first-order valence-corrected chi connectivity index (χ1v) is 8.09. The third kappa shape index (κ3) is 4.05. The summed E-state index contributed by atoms with van der Waals surface area (Å²) in [6, 6.07) is 11.3. The zero-order valence-electron chi connectivity index (χ0n) is 14.6. The molecule has 10 heteroatoms. The van der Waals surface area contributed by atoms with E-state index in [1.165, 1.54) is 19.1 Å². The van der Waals surface area contributed by atoms with Gasteiger partial charge in [0.15, 0.2) is 0 Å². The molecule has 0 aliphatic rings. The second-order valence-electron chi connectivity index (χ2n) is 5.85. The summed E-state index contributed by atoms with van der Waals surface area (Å²) in [7, 11) is 0. The molecule has 0 spiro atoms. The quantitative estimate of drug-likeness (QED) is 0.517. The van der Waals surface area contributed by atoms with E-state index < -0.39 is 23.1 Å². The molecule has 0 aliphatic carbocycles. The smallest absolute Gasteiger partial charge is 0.391 e. The summed E-state index contributed by atoms with van der Waals surface area (Å²) in [6.07, 6.45) is -4.45. The Morgan fingerprint density at radius 3 is 2.43 bits per heavy atom. The van der Waals surface area contributed by atoms with Crippen LogP contribution in [0.25, 0.3) is 5.69 Å². The van der Waals surface area contributed by atoms with Gasteiger partial charge in [-0.25, -0.2) is 24.4 Å². The number of hydrogen-bond acceptors (Lipinski definition) is 4. The molecular weight excluding hydrogens is 377 g/mol. The third-order valence-electron chi connectivity index (χ3n) is 3.94. The van der Waals surface area contributed by atoms with Gasteiger partial charge in [0.25, 0.3) is 0 Å². The number of nitrogens with one attached hydrogen (secondary N) is 2. The van der Waals surface area contributed by atoms with Gasteiger partial charge in [0.05, 0.1) is 17.0 Å². The fourth-order valence-electron chi connectivity index (χ4n) is 2.55. The standard InChI is InChI=1S/C18H15F3N4O3/c1-11(12-6-4-7-14(9-12)18(19,20)21)24-28-10-13-5-2-3-8-15(13)25-16(26)22-23-17(25)27/h2-9H,10H2,1H3,(H,22,26)(H,23,27)/b24-11+. The predicted molar refractivity (Wildman–Crippen MR) is 95.5 cm³/mol. The van der Waals surface area contributed by atoms with Gasteiger partial charge in [0, 0.05) is 5.56 Å². The Kier molecular flexibility index (Phi) is 5.21. The normalized spacial score (nSPS) is 12.2. The highest BCUT2D eigenvalue weighted by Gasteiger charge is 2.30. The maximum absolute atomic E-state index is 12.8. The number of halogens is 3. The van der Waals surface area contributed by atoms with Crippen molar-refractivity contribution >= 4 is 5.71 Å². The van der Waals surface area contributed by atoms with E-state index in [2.05, 4.69) is 15.4 Å². The minimum absolute atomic E-state index is 0.0937. The fourth-order valence-corrected chi connectivity index (χ4v) is 2.55. The van der Waals surface area contributed by atoms with E-state index in [1.54, 1.807) is 24.3 Å². The Balaban J connectivity index is 1.81. The van der Waals surface area contributed by atoms with Crippen LogP contribution in [0.3, 0.4) is 0 Å². The Hall–Kier alpha value is -3.56. The van der Waals surface area contributed by atoms with Crippen molar-refractivity contribution in [3.63, 3.8) is 0 Å². The fraction of sp³-hybridized carbons (Fsp3) is 0.167. The molecule has 0 unspecified atom stereocenters. The highest BCUT2D eigenvalue weighted by atomic mass is 19.4. The van der Waals surface area contributed by atoms with E-state index in [-0.39, 0.29) is 17.9 Å². The van der Waals surface area contributed by atoms with Crippen LogP contribution in [0.1, 0.15) is 23.6 Å². The van der Waals surface area contributed by atoms with Gasteiger partial charge in [-0.05, 0) is 30.7 Å². The largest absolute Gasteiger partial charge is 0.416 e. The number of oxime groups is 1.